The summed E-state index contributed by atoms with van der Waals surface area (Å²) in [5.74, 6) is 0.200. The van der Waals surface area contributed by atoms with Crippen LogP contribution in [0.15, 0.2) is 24.5 Å². The van der Waals surface area contributed by atoms with Crippen LogP contribution in [0.25, 0.3) is 0 Å². The molecule has 0 saturated carbocycles. The lowest BCUT2D eigenvalue weighted by Crippen LogP contribution is -2.28. The molecular weight excluding hydrogens is 422 g/mol. The van der Waals surface area contributed by atoms with Gasteiger partial charge in [0, 0.05) is 31.0 Å². The smallest absolute Gasteiger partial charge is 0.164 e. The Morgan fingerprint density at radius 3 is 2.32 bits per heavy atom. The molecule has 2 atom stereocenters. The average Bonchev–Trinajstić information content (AvgIpc) is 2.78. The van der Waals surface area contributed by atoms with E-state index in [1.165, 1.54) is 44.9 Å². The highest BCUT2D eigenvalue weighted by atomic mass is 16.7. The molecule has 2 heterocycles. The highest BCUT2D eigenvalue weighted by molar-refractivity contribution is 5.96. The molecule has 2 unspecified atom stereocenters. The predicted octanol–water partition coefficient (Wildman–Crippen LogP) is 8.54. The number of ether oxygens (including phenoxy) is 2. The number of carbonyl (C=O) groups excluding carboxylic acids is 1. The van der Waals surface area contributed by atoms with Crippen LogP contribution < -0.4 is 0 Å². The minimum atomic E-state index is 0.00532. The maximum Gasteiger partial charge on any atom is 0.164 e. The molecule has 1 fully saturated rings. The second kappa shape index (κ2) is 15.0. The van der Waals surface area contributed by atoms with E-state index >= 15 is 0 Å². The summed E-state index contributed by atoms with van der Waals surface area (Å²) in [4.78, 5) is 16.6. The molecule has 4 heteroatoms. The first kappa shape index (κ1) is 29.0. The molecule has 0 aromatic carbocycles. The maximum absolute atomic E-state index is 12.6. The Bertz CT molecular complexity index is 674. The summed E-state index contributed by atoms with van der Waals surface area (Å²) in [6.07, 6.45) is 19.7. The Balaban J connectivity index is 1.69. The fourth-order valence-electron chi connectivity index (χ4n) is 4.82. The molecular formula is C30H51NO3. The predicted molar refractivity (Wildman–Crippen MR) is 141 cm³/mol. The fourth-order valence-corrected chi connectivity index (χ4v) is 4.82. The number of aromatic nitrogens is 1. The van der Waals surface area contributed by atoms with Crippen LogP contribution in [-0.2, 0) is 9.47 Å². The number of hydrogen-bond acceptors (Lipinski definition) is 4. The van der Waals surface area contributed by atoms with Gasteiger partial charge in [-0.2, -0.15) is 0 Å². The zero-order chi connectivity index (χ0) is 24.9. The first-order valence-corrected chi connectivity index (χ1v) is 13.8. The molecule has 1 aliphatic rings. The Hall–Kier alpha value is -1.26. The van der Waals surface area contributed by atoms with Crippen molar-refractivity contribution in [1.82, 2.24) is 4.98 Å². The number of carbonyl (C=O) groups is 1. The quantitative estimate of drug-likeness (QED) is 0.178. The van der Waals surface area contributed by atoms with E-state index in [9.17, 15) is 4.79 Å². The molecule has 0 bridgehead atoms. The molecule has 0 spiro atoms. The third-order valence-corrected chi connectivity index (χ3v) is 6.94. The molecule has 194 valence electrons. The molecule has 1 aromatic rings. The van der Waals surface area contributed by atoms with Gasteiger partial charge in [-0.3, -0.25) is 9.78 Å². The first-order valence-electron chi connectivity index (χ1n) is 13.8. The summed E-state index contributed by atoms with van der Waals surface area (Å²) in [5.41, 5.74) is 1.18. The lowest BCUT2D eigenvalue weighted by Gasteiger charge is -2.28. The van der Waals surface area contributed by atoms with Crippen LogP contribution in [0.3, 0.4) is 0 Å². The monoisotopic (exact) mass is 473 g/mol. The van der Waals surface area contributed by atoms with Gasteiger partial charge < -0.3 is 9.47 Å². The van der Waals surface area contributed by atoms with Crippen LogP contribution in [0.4, 0.5) is 0 Å². The van der Waals surface area contributed by atoms with Gasteiger partial charge in [0.05, 0.1) is 6.10 Å². The zero-order valence-corrected chi connectivity index (χ0v) is 22.7. The maximum atomic E-state index is 12.6. The van der Waals surface area contributed by atoms with Crippen molar-refractivity contribution < 1.29 is 14.3 Å². The van der Waals surface area contributed by atoms with Crippen molar-refractivity contribution >= 4 is 5.78 Å². The van der Waals surface area contributed by atoms with Gasteiger partial charge in [-0.05, 0) is 67.9 Å². The van der Waals surface area contributed by atoms with Gasteiger partial charge in [0.25, 0.3) is 0 Å². The van der Waals surface area contributed by atoms with Gasteiger partial charge in [0.15, 0.2) is 12.1 Å². The average molecular weight is 474 g/mol. The number of Topliss-reactive ketones (excluding diaryl/α,β-unsaturated/α-hetero) is 1. The Morgan fingerprint density at radius 2 is 1.74 bits per heavy atom. The van der Waals surface area contributed by atoms with Crippen LogP contribution in [0.1, 0.15) is 135 Å². The van der Waals surface area contributed by atoms with Crippen LogP contribution >= 0.6 is 0 Å². The van der Waals surface area contributed by atoms with Gasteiger partial charge in [-0.15, -0.1) is 0 Å². The normalized spacial score (nSPS) is 18.1. The lowest BCUT2D eigenvalue weighted by atomic mass is 9.81. The molecule has 0 radical (unpaired) electrons. The summed E-state index contributed by atoms with van der Waals surface area (Å²) >= 11 is 0. The number of ketones is 1. The third-order valence-electron chi connectivity index (χ3n) is 6.94. The first-order chi connectivity index (χ1) is 16.1. The van der Waals surface area contributed by atoms with Crippen molar-refractivity contribution in [1.29, 1.82) is 0 Å². The van der Waals surface area contributed by atoms with Crippen LogP contribution in [0, 0.1) is 10.8 Å². The van der Waals surface area contributed by atoms with Crippen molar-refractivity contribution in [3.05, 3.63) is 30.1 Å². The number of unbranched alkanes of at least 4 members (excludes halogenated alkanes) is 4. The number of rotatable bonds is 16. The summed E-state index contributed by atoms with van der Waals surface area (Å²) < 4.78 is 12.3. The number of pyridine rings is 1. The van der Waals surface area contributed by atoms with E-state index in [4.69, 9.17) is 9.47 Å². The molecule has 34 heavy (non-hydrogen) atoms. The van der Waals surface area contributed by atoms with Crippen molar-refractivity contribution in [3.8, 4) is 0 Å². The van der Waals surface area contributed by atoms with Crippen molar-refractivity contribution in [2.75, 3.05) is 6.61 Å². The Kier molecular flexibility index (Phi) is 12.8. The summed E-state index contributed by atoms with van der Waals surface area (Å²) in [5, 5.41) is 0. The van der Waals surface area contributed by atoms with Crippen molar-refractivity contribution in [2.24, 2.45) is 10.8 Å². The van der Waals surface area contributed by atoms with Crippen LogP contribution in [0.5, 0.6) is 0 Å². The van der Waals surface area contributed by atoms with Gasteiger partial charge in [-0.25, -0.2) is 0 Å². The van der Waals surface area contributed by atoms with Crippen LogP contribution in [-0.4, -0.2) is 29.8 Å². The summed E-state index contributed by atoms with van der Waals surface area (Å²) in [6, 6.07) is 3.70. The van der Waals surface area contributed by atoms with E-state index in [0.29, 0.717) is 17.9 Å². The second-order valence-corrected chi connectivity index (χ2v) is 12.3. The zero-order valence-electron chi connectivity index (χ0n) is 22.7. The van der Waals surface area contributed by atoms with E-state index in [-0.39, 0.29) is 17.5 Å². The number of nitrogens with zero attached hydrogens (tertiary/aromatic N) is 1. The molecule has 0 amide bonds. The number of hydrogen-bond donors (Lipinski definition) is 0. The van der Waals surface area contributed by atoms with E-state index in [0.717, 1.165) is 50.7 Å². The third kappa shape index (κ3) is 13.0. The highest BCUT2D eigenvalue weighted by Gasteiger charge is 2.23. The molecule has 2 rings (SSSR count). The van der Waals surface area contributed by atoms with Crippen LogP contribution in [0.2, 0.25) is 0 Å². The SMILES string of the molecule is CC(C)(C)CCCCCC(CCCCCC(C)(C)CC(=O)c1cccnc1)OC1CCCCO1. The molecule has 0 aliphatic carbocycles. The minimum absolute atomic E-state index is 0.00532. The van der Waals surface area contributed by atoms with E-state index < -0.39 is 0 Å². The largest absolute Gasteiger partial charge is 0.353 e. The Morgan fingerprint density at radius 1 is 1.03 bits per heavy atom. The topological polar surface area (TPSA) is 48.4 Å². The van der Waals surface area contributed by atoms with Crippen molar-refractivity contribution in [2.45, 2.75) is 137 Å². The van der Waals surface area contributed by atoms with Gasteiger partial charge in [0.2, 0.25) is 0 Å². The summed E-state index contributed by atoms with van der Waals surface area (Å²) in [7, 11) is 0. The van der Waals surface area contributed by atoms with E-state index in [2.05, 4.69) is 39.6 Å². The molecule has 1 aromatic heterocycles. The molecule has 0 N–H and O–H groups in total. The van der Waals surface area contributed by atoms with Gasteiger partial charge in [0.1, 0.15) is 0 Å². The van der Waals surface area contributed by atoms with E-state index in [1.54, 1.807) is 12.4 Å². The molecule has 1 aliphatic heterocycles. The summed E-state index contributed by atoms with van der Waals surface area (Å²) in [6.45, 7) is 12.3. The Labute approximate surface area is 209 Å². The van der Waals surface area contributed by atoms with E-state index in [1.807, 2.05) is 12.1 Å². The lowest BCUT2D eigenvalue weighted by molar-refractivity contribution is -0.190. The molecule has 4 nitrogen and oxygen atoms in total. The standard InChI is InChI=1S/C30H51NO3/c1-29(2,3)19-11-6-8-16-26(34-28-18-10-13-22-33-28)17-9-7-12-20-30(4,5)23-27(32)25-15-14-21-31-24-25/h14-15,21,24,26,28H,6-13,16-20,22-23H2,1-5H3. The fraction of sp³-hybridized carbons (Fsp3) is 0.800. The van der Waals surface area contributed by atoms with Crippen molar-refractivity contribution in [3.63, 3.8) is 0 Å². The second-order valence-electron chi connectivity index (χ2n) is 12.3. The van der Waals surface area contributed by atoms with Gasteiger partial charge >= 0.3 is 0 Å². The minimum Gasteiger partial charge on any atom is -0.353 e. The highest BCUT2D eigenvalue weighted by Crippen LogP contribution is 2.30. The van der Waals surface area contributed by atoms with Gasteiger partial charge in [-0.1, -0.05) is 73.1 Å². The molecule has 1 saturated heterocycles.